The summed E-state index contributed by atoms with van der Waals surface area (Å²) in [4.78, 5) is 23.9. The summed E-state index contributed by atoms with van der Waals surface area (Å²) in [6.07, 6.45) is 0.861. The predicted molar refractivity (Wildman–Crippen MR) is 63.2 cm³/mol. The van der Waals surface area contributed by atoms with Crippen LogP contribution in [0.4, 0.5) is 9.80 Å². The van der Waals surface area contributed by atoms with Crippen LogP contribution >= 0.6 is 11.3 Å². The van der Waals surface area contributed by atoms with E-state index < -0.39 is 5.97 Å². The van der Waals surface area contributed by atoms with Gasteiger partial charge in [-0.25, -0.2) is 9.59 Å². The monoisotopic (exact) mass is 242 g/mol. The van der Waals surface area contributed by atoms with Crippen molar-refractivity contribution < 1.29 is 14.7 Å². The molecule has 0 fully saturated rings. The van der Waals surface area contributed by atoms with Gasteiger partial charge >= 0.3 is 12.0 Å². The maximum atomic E-state index is 11.6. The van der Waals surface area contributed by atoms with Crippen molar-refractivity contribution in [3.8, 4) is 0 Å². The van der Waals surface area contributed by atoms with E-state index in [-0.39, 0.29) is 11.6 Å². The van der Waals surface area contributed by atoms with Crippen LogP contribution in [0.1, 0.15) is 23.7 Å². The SMILES string of the molecule is CCCN(C)C(=O)Nc1sccc1C(=O)O. The number of hydrogen-bond acceptors (Lipinski definition) is 3. The number of rotatable bonds is 4. The number of carboxylic acids is 1. The van der Waals surface area contributed by atoms with Crippen LogP contribution in [0.15, 0.2) is 11.4 Å². The second-order valence-corrected chi connectivity index (χ2v) is 4.24. The molecule has 0 aliphatic carbocycles. The van der Waals surface area contributed by atoms with E-state index in [1.807, 2.05) is 6.92 Å². The summed E-state index contributed by atoms with van der Waals surface area (Å²) >= 11 is 1.20. The molecule has 1 aromatic rings. The van der Waals surface area contributed by atoms with Crippen LogP contribution < -0.4 is 5.32 Å². The van der Waals surface area contributed by atoms with Crippen LogP contribution in [-0.2, 0) is 0 Å². The molecule has 0 saturated heterocycles. The van der Waals surface area contributed by atoms with Gasteiger partial charge in [0.05, 0.1) is 5.56 Å². The Morgan fingerprint density at radius 2 is 2.25 bits per heavy atom. The number of nitrogens with one attached hydrogen (secondary N) is 1. The number of nitrogens with zero attached hydrogens (tertiary/aromatic N) is 1. The lowest BCUT2D eigenvalue weighted by Crippen LogP contribution is -2.31. The Bertz CT molecular complexity index is 389. The third-order valence-corrected chi connectivity index (χ3v) is 2.85. The molecule has 0 aliphatic rings. The lowest BCUT2D eigenvalue weighted by atomic mass is 10.3. The summed E-state index contributed by atoms with van der Waals surface area (Å²) in [7, 11) is 1.67. The molecule has 0 atom stereocenters. The standard InChI is InChI=1S/C10H14N2O3S/c1-3-5-12(2)10(15)11-8-7(9(13)14)4-6-16-8/h4,6H,3,5H2,1-2H3,(H,11,15)(H,13,14). The lowest BCUT2D eigenvalue weighted by molar-refractivity contribution is 0.0698. The van der Waals surface area contributed by atoms with Crippen molar-refractivity contribution in [1.82, 2.24) is 4.90 Å². The molecule has 0 spiro atoms. The van der Waals surface area contributed by atoms with Crippen LogP contribution in [0, 0.1) is 0 Å². The quantitative estimate of drug-likeness (QED) is 0.851. The number of thiophene rings is 1. The largest absolute Gasteiger partial charge is 0.478 e. The second-order valence-electron chi connectivity index (χ2n) is 3.32. The maximum absolute atomic E-state index is 11.6. The minimum Gasteiger partial charge on any atom is -0.478 e. The van der Waals surface area contributed by atoms with Crippen LogP contribution in [0.25, 0.3) is 0 Å². The molecular weight excluding hydrogens is 228 g/mol. The molecule has 0 bridgehead atoms. The minimum absolute atomic E-state index is 0.128. The molecule has 16 heavy (non-hydrogen) atoms. The normalized spacial score (nSPS) is 9.88. The molecule has 0 radical (unpaired) electrons. The Kier molecular flexibility index (Phi) is 4.30. The number of carbonyl (C=O) groups excluding carboxylic acids is 1. The maximum Gasteiger partial charge on any atom is 0.338 e. The van der Waals surface area contributed by atoms with Gasteiger partial charge in [-0.05, 0) is 17.9 Å². The predicted octanol–water partition coefficient (Wildman–Crippen LogP) is 2.32. The topological polar surface area (TPSA) is 69.6 Å². The molecular formula is C10H14N2O3S. The summed E-state index contributed by atoms with van der Waals surface area (Å²) < 4.78 is 0. The highest BCUT2D eigenvalue weighted by Crippen LogP contribution is 2.23. The average molecular weight is 242 g/mol. The van der Waals surface area contributed by atoms with Gasteiger partial charge in [-0.2, -0.15) is 0 Å². The number of carbonyl (C=O) groups is 2. The molecule has 0 unspecified atom stereocenters. The molecule has 2 N–H and O–H groups in total. The van der Waals surface area contributed by atoms with Crippen molar-refractivity contribution in [2.75, 3.05) is 18.9 Å². The van der Waals surface area contributed by atoms with Crippen LogP contribution in [0.2, 0.25) is 0 Å². The van der Waals surface area contributed by atoms with E-state index in [4.69, 9.17) is 5.11 Å². The van der Waals surface area contributed by atoms with E-state index in [0.717, 1.165) is 6.42 Å². The Morgan fingerprint density at radius 1 is 1.56 bits per heavy atom. The van der Waals surface area contributed by atoms with Gasteiger partial charge < -0.3 is 10.0 Å². The van der Waals surface area contributed by atoms with Crippen molar-refractivity contribution in [3.63, 3.8) is 0 Å². The fourth-order valence-corrected chi connectivity index (χ4v) is 1.97. The summed E-state index contributed by atoms with van der Waals surface area (Å²) in [6.45, 7) is 2.61. The van der Waals surface area contributed by atoms with Gasteiger partial charge in [-0.3, -0.25) is 5.32 Å². The fourth-order valence-electron chi connectivity index (χ4n) is 1.20. The third kappa shape index (κ3) is 2.96. The minimum atomic E-state index is -1.03. The summed E-state index contributed by atoms with van der Waals surface area (Å²) in [6, 6.07) is 1.19. The van der Waals surface area contributed by atoms with Crippen LogP contribution in [0.3, 0.4) is 0 Å². The first-order chi connectivity index (χ1) is 7.56. The molecule has 1 rings (SSSR count). The van der Waals surface area contributed by atoms with Gasteiger partial charge in [0.25, 0.3) is 0 Å². The zero-order chi connectivity index (χ0) is 12.1. The summed E-state index contributed by atoms with van der Waals surface area (Å²) in [5.74, 6) is -1.03. The molecule has 5 nitrogen and oxygen atoms in total. The average Bonchev–Trinajstić information content (AvgIpc) is 2.66. The van der Waals surface area contributed by atoms with Crippen molar-refractivity contribution in [3.05, 3.63) is 17.0 Å². The van der Waals surface area contributed by atoms with Gasteiger partial charge in [0, 0.05) is 13.6 Å². The molecule has 0 aromatic carbocycles. The Labute approximate surface area is 97.7 Å². The van der Waals surface area contributed by atoms with E-state index in [0.29, 0.717) is 11.5 Å². The van der Waals surface area contributed by atoms with E-state index in [9.17, 15) is 9.59 Å². The van der Waals surface area contributed by atoms with Crippen LogP contribution in [-0.4, -0.2) is 35.6 Å². The summed E-state index contributed by atoms with van der Waals surface area (Å²) in [5, 5.41) is 13.4. The molecule has 6 heteroatoms. The van der Waals surface area contributed by atoms with Gasteiger partial charge in [-0.1, -0.05) is 6.92 Å². The first kappa shape index (κ1) is 12.5. The Morgan fingerprint density at radius 3 is 2.81 bits per heavy atom. The number of hydrogen-bond donors (Lipinski definition) is 2. The van der Waals surface area contributed by atoms with Gasteiger partial charge in [0.2, 0.25) is 0 Å². The molecule has 1 heterocycles. The second kappa shape index (κ2) is 5.50. The third-order valence-electron chi connectivity index (χ3n) is 2.02. The molecule has 2 amide bonds. The van der Waals surface area contributed by atoms with Gasteiger partial charge in [0.1, 0.15) is 5.00 Å². The summed E-state index contributed by atoms with van der Waals surface area (Å²) in [5.41, 5.74) is 0.128. The van der Waals surface area contributed by atoms with E-state index in [1.54, 1.807) is 12.4 Å². The first-order valence-electron chi connectivity index (χ1n) is 4.89. The zero-order valence-electron chi connectivity index (χ0n) is 9.19. The first-order valence-corrected chi connectivity index (χ1v) is 5.77. The highest BCUT2D eigenvalue weighted by molar-refractivity contribution is 7.14. The van der Waals surface area contributed by atoms with Gasteiger partial charge in [0.15, 0.2) is 0 Å². The van der Waals surface area contributed by atoms with Crippen molar-refractivity contribution in [2.24, 2.45) is 0 Å². The Hall–Kier alpha value is -1.56. The van der Waals surface area contributed by atoms with Crippen molar-refractivity contribution in [2.45, 2.75) is 13.3 Å². The fraction of sp³-hybridized carbons (Fsp3) is 0.400. The van der Waals surface area contributed by atoms with Crippen LogP contribution in [0.5, 0.6) is 0 Å². The molecule has 1 aromatic heterocycles. The highest BCUT2D eigenvalue weighted by atomic mass is 32.1. The zero-order valence-corrected chi connectivity index (χ0v) is 10.0. The number of amides is 2. The smallest absolute Gasteiger partial charge is 0.338 e. The number of urea groups is 1. The molecule has 88 valence electrons. The van der Waals surface area contributed by atoms with E-state index >= 15 is 0 Å². The number of aromatic carboxylic acids is 1. The molecule has 0 aliphatic heterocycles. The number of anilines is 1. The van der Waals surface area contributed by atoms with Gasteiger partial charge in [-0.15, -0.1) is 11.3 Å². The van der Waals surface area contributed by atoms with E-state index in [2.05, 4.69) is 5.32 Å². The van der Waals surface area contributed by atoms with Crippen molar-refractivity contribution in [1.29, 1.82) is 0 Å². The number of carboxylic acid groups (broad SMARTS) is 1. The highest BCUT2D eigenvalue weighted by Gasteiger charge is 2.15. The lowest BCUT2D eigenvalue weighted by Gasteiger charge is -2.16. The van der Waals surface area contributed by atoms with Crippen molar-refractivity contribution >= 4 is 28.3 Å². The molecule has 0 saturated carbocycles. The van der Waals surface area contributed by atoms with E-state index in [1.165, 1.54) is 22.3 Å². The Balaban J connectivity index is 2.69.